The summed E-state index contributed by atoms with van der Waals surface area (Å²) in [4.78, 5) is 0. The number of rotatable bonds is 4. The lowest BCUT2D eigenvalue weighted by atomic mass is 10.7. The molecular weight excluding hydrogens is 186 g/mol. The van der Waals surface area contributed by atoms with E-state index >= 15 is 0 Å². The highest BCUT2D eigenvalue weighted by atomic mass is 32.2. The zero-order chi connectivity index (χ0) is 8.91. The molecule has 0 spiro atoms. The second kappa shape index (κ2) is 4.47. The minimum atomic E-state index is -3.14. The summed E-state index contributed by atoms with van der Waals surface area (Å²) in [7, 11) is -1.79. The molecule has 7 heteroatoms. The minimum absolute atomic E-state index is 0.0269. The van der Waals surface area contributed by atoms with Crippen LogP contribution >= 0.6 is 12.2 Å². The van der Waals surface area contributed by atoms with Gasteiger partial charge in [-0.15, -0.1) is 0 Å². The van der Waals surface area contributed by atoms with Crippen molar-refractivity contribution < 1.29 is 8.42 Å². The normalized spacial score (nSPS) is 11.0. The van der Waals surface area contributed by atoms with E-state index in [1.807, 2.05) is 0 Å². The van der Waals surface area contributed by atoms with E-state index in [0.717, 1.165) is 0 Å². The Hall–Kier alpha value is -0.400. The predicted octanol–water partition coefficient (Wildman–Crippen LogP) is -1.63. The molecule has 0 aliphatic carbocycles. The molecule has 0 aliphatic rings. The first-order valence-electron chi connectivity index (χ1n) is 2.92. The van der Waals surface area contributed by atoms with Crippen molar-refractivity contribution in [1.29, 1.82) is 0 Å². The summed E-state index contributed by atoms with van der Waals surface area (Å²) in [5.74, 6) is -0.0269. The van der Waals surface area contributed by atoms with Gasteiger partial charge in [-0.2, -0.15) is 0 Å². The van der Waals surface area contributed by atoms with Crippen LogP contribution in [-0.4, -0.2) is 32.9 Å². The summed E-state index contributed by atoms with van der Waals surface area (Å²) in [5, 5.41) is 2.63. The number of nitrogens with two attached hydrogens (primary N) is 1. The van der Waals surface area contributed by atoms with E-state index < -0.39 is 10.0 Å². The average Bonchev–Trinajstić information content (AvgIpc) is 1.87. The van der Waals surface area contributed by atoms with E-state index in [9.17, 15) is 8.42 Å². The summed E-state index contributed by atoms with van der Waals surface area (Å²) in [6, 6.07) is 0. The summed E-state index contributed by atoms with van der Waals surface area (Å²) in [6.07, 6.45) is 0. The Morgan fingerprint density at radius 3 is 2.55 bits per heavy atom. The van der Waals surface area contributed by atoms with Crippen molar-refractivity contribution >= 4 is 27.4 Å². The maximum atomic E-state index is 10.7. The second-order valence-electron chi connectivity index (χ2n) is 1.81. The molecule has 0 atom stereocenters. The number of sulfonamides is 1. The van der Waals surface area contributed by atoms with Gasteiger partial charge in [-0.3, -0.25) is 0 Å². The van der Waals surface area contributed by atoms with E-state index in [2.05, 4.69) is 22.3 Å². The number of hydrogen-bond donors (Lipinski definition) is 3. The van der Waals surface area contributed by atoms with Gasteiger partial charge in [-0.05, 0) is 19.3 Å². The Bertz CT molecular complexity index is 223. The molecule has 0 aromatic carbocycles. The van der Waals surface area contributed by atoms with E-state index in [-0.39, 0.29) is 17.4 Å². The summed E-state index contributed by atoms with van der Waals surface area (Å²) < 4.78 is 23.7. The molecule has 0 aromatic rings. The van der Waals surface area contributed by atoms with Gasteiger partial charge in [0, 0.05) is 6.54 Å². The summed E-state index contributed by atoms with van der Waals surface area (Å²) in [5.41, 5.74) is 5.07. The van der Waals surface area contributed by atoms with Crippen LogP contribution in [0, 0.1) is 0 Å². The molecule has 4 N–H and O–H groups in total. The summed E-state index contributed by atoms with van der Waals surface area (Å²) in [6.45, 7) is 0.235. The molecule has 66 valence electrons. The molecule has 0 radical (unpaired) electrons. The van der Waals surface area contributed by atoms with Gasteiger partial charge in [0.15, 0.2) is 5.11 Å². The molecule has 0 unspecified atom stereocenters. The molecule has 0 aromatic heterocycles. The fourth-order valence-electron chi connectivity index (χ4n) is 0.411. The summed E-state index contributed by atoms with van der Waals surface area (Å²) >= 11 is 4.47. The molecule has 0 heterocycles. The average molecular weight is 197 g/mol. The monoisotopic (exact) mass is 197 g/mol. The molecule has 0 saturated carbocycles. The zero-order valence-corrected chi connectivity index (χ0v) is 7.76. The number of thiocarbonyl (C=S) groups is 1. The van der Waals surface area contributed by atoms with Gasteiger partial charge >= 0.3 is 0 Å². The Labute approximate surface area is 71.4 Å². The molecule has 0 saturated heterocycles. The quantitative estimate of drug-likeness (QED) is 0.471. The van der Waals surface area contributed by atoms with Gasteiger partial charge in [0.25, 0.3) is 0 Å². The lowest BCUT2D eigenvalue weighted by molar-refractivity contribution is 0.587. The third kappa shape index (κ3) is 6.02. The molecule has 0 amide bonds. The van der Waals surface area contributed by atoms with Crippen molar-refractivity contribution in [3.05, 3.63) is 0 Å². The molecule has 0 rings (SSSR count). The SMILES string of the molecule is CNS(=O)(=O)CCNC(N)=S. The molecule has 11 heavy (non-hydrogen) atoms. The van der Waals surface area contributed by atoms with Crippen molar-refractivity contribution in [2.24, 2.45) is 5.73 Å². The third-order valence-electron chi connectivity index (χ3n) is 0.981. The van der Waals surface area contributed by atoms with Gasteiger partial charge < -0.3 is 11.1 Å². The molecule has 0 aliphatic heterocycles. The van der Waals surface area contributed by atoms with E-state index in [1.54, 1.807) is 0 Å². The highest BCUT2D eigenvalue weighted by molar-refractivity contribution is 7.89. The van der Waals surface area contributed by atoms with Gasteiger partial charge in [-0.1, -0.05) is 0 Å². The number of nitrogens with one attached hydrogen (secondary N) is 2. The van der Waals surface area contributed by atoms with Crippen molar-refractivity contribution in [2.75, 3.05) is 19.3 Å². The van der Waals surface area contributed by atoms with E-state index in [4.69, 9.17) is 5.73 Å². The molecule has 5 nitrogen and oxygen atoms in total. The Morgan fingerprint density at radius 1 is 1.64 bits per heavy atom. The van der Waals surface area contributed by atoms with Crippen molar-refractivity contribution in [3.63, 3.8) is 0 Å². The smallest absolute Gasteiger partial charge is 0.213 e. The highest BCUT2D eigenvalue weighted by Gasteiger charge is 2.04. The van der Waals surface area contributed by atoms with Crippen LogP contribution in [0.2, 0.25) is 0 Å². The Balaban J connectivity index is 3.63. The molecular formula is C4H11N3O2S2. The van der Waals surface area contributed by atoms with Crippen LogP contribution in [0.15, 0.2) is 0 Å². The van der Waals surface area contributed by atoms with E-state index in [1.165, 1.54) is 7.05 Å². The van der Waals surface area contributed by atoms with Crippen LogP contribution in [0.5, 0.6) is 0 Å². The van der Waals surface area contributed by atoms with Crippen LogP contribution in [0.4, 0.5) is 0 Å². The van der Waals surface area contributed by atoms with Gasteiger partial charge in [0.05, 0.1) is 5.75 Å². The van der Waals surface area contributed by atoms with Crippen molar-refractivity contribution in [2.45, 2.75) is 0 Å². The first-order chi connectivity index (χ1) is 4.98. The first kappa shape index (κ1) is 10.6. The van der Waals surface area contributed by atoms with Gasteiger partial charge in [0.2, 0.25) is 10.0 Å². The maximum Gasteiger partial charge on any atom is 0.213 e. The van der Waals surface area contributed by atoms with Crippen molar-refractivity contribution in [1.82, 2.24) is 10.0 Å². The van der Waals surface area contributed by atoms with Crippen LogP contribution in [0.1, 0.15) is 0 Å². The van der Waals surface area contributed by atoms with Crippen LogP contribution < -0.4 is 15.8 Å². The number of hydrogen-bond acceptors (Lipinski definition) is 3. The van der Waals surface area contributed by atoms with Crippen LogP contribution in [0.3, 0.4) is 0 Å². The predicted molar refractivity (Wildman–Crippen MR) is 47.6 cm³/mol. The molecule has 0 fully saturated rings. The standard InChI is InChI=1S/C4H11N3O2S2/c1-6-11(8,9)3-2-7-4(5)10/h6H,2-3H2,1H3,(H3,5,7,10). The maximum absolute atomic E-state index is 10.7. The highest BCUT2D eigenvalue weighted by Crippen LogP contribution is 1.78. The second-order valence-corrected chi connectivity index (χ2v) is 4.30. The van der Waals surface area contributed by atoms with Gasteiger partial charge in [0.1, 0.15) is 0 Å². The zero-order valence-electron chi connectivity index (χ0n) is 6.12. The minimum Gasteiger partial charge on any atom is -0.376 e. The van der Waals surface area contributed by atoms with E-state index in [0.29, 0.717) is 0 Å². The fraction of sp³-hybridized carbons (Fsp3) is 0.750. The lowest BCUT2D eigenvalue weighted by Gasteiger charge is -2.03. The fourth-order valence-corrected chi connectivity index (χ4v) is 1.09. The Morgan fingerprint density at radius 2 is 2.18 bits per heavy atom. The largest absolute Gasteiger partial charge is 0.376 e. The molecule has 0 bridgehead atoms. The Kier molecular flexibility index (Phi) is 4.31. The third-order valence-corrected chi connectivity index (χ3v) is 2.49. The first-order valence-corrected chi connectivity index (χ1v) is 4.98. The van der Waals surface area contributed by atoms with Gasteiger partial charge in [-0.25, -0.2) is 13.1 Å². The topological polar surface area (TPSA) is 84.2 Å². The van der Waals surface area contributed by atoms with Crippen LogP contribution in [0.25, 0.3) is 0 Å². The lowest BCUT2D eigenvalue weighted by Crippen LogP contribution is -2.35. The van der Waals surface area contributed by atoms with Crippen LogP contribution in [-0.2, 0) is 10.0 Å². The van der Waals surface area contributed by atoms with Crippen molar-refractivity contribution in [3.8, 4) is 0 Å².